The van der Waals surface area contributed by atoms with Crippen molar-refractivity contribution in [3.63, 3.8) is 0 Å². The summed E-state index contributed by atoms with van der Waals surface area (Å²) in [6.45, 7) is 3.44. The van der Waals surface area contributed by atoms with Crippen LogP contribution < -0.4 is 14.5 Å². The van der Waals surface area contributed by atoms with Gasteiger partial charge in [0.2, 0.25) is 11.8 Å². The van der Waals surface area contributed by atoms with Crippen molar-refractivity contribution in [2.45, 2.75) is 18.8 Å². The third-order valence-corrected chi connectivity index (χ3v) is 5.07. The monoisotopic (exact) mass is 351 g/mol. The number of nitrogens with zero attached hydrogens (tertiary/aromatic N) is 7. The summed E-state index contributed by atoms with van der Waals surface area (Å²) in [5.41, 5.74) is 2.29. The number of aromatic nitrogens is 5. The van der Waals surface area contributed by atoms with Crippen LogP contribution in [-0.4, -0.2) is 57.9 Å². The van der Waals surface area contributed by atoms with Crippen LogP contribution in [0.25, 0.3) is 5.52 Å². The maximum atomic E-state index is 5.20. The fourth-order valence-corrected chi connectivity index (χ4v) is 3.47. The lowest BCUT2D eigenvalue weighted by molar-refractivity contribution is 0.396. The average Bonchev–Trinajstić information content (AvgIpc) is 3.46. The van der Waals surface area contributed by atoms with E-state index in [9.17, 15) is 0 Å². The second-order valence-corrected chi connectivity index (χ2v) is 6.80. The molecule has 0 amide bonds. The molecule has 1 aliphatic carbocycles. The molecule has 2 aliphatic rings. The van der Waals surface area contributed by atoms with E-state index >= 15 is 0 Å². The highest BCUT2D eigenvalue weighted by Gasteiger charge is 2.28. The fraction of sp³-hybridized carbons (Fsp3) is 0.444. The minimum atomic E-state index is 0.593. The molecule has 134 valence electrons. The molecule has 0 unspecified atom stereocenters. The number of ether oxygens (including phenoxy) is 1. The molecule has 26 heavy (non-hydrogen) atoms. The lowest BCUT2D eigenvalue weighted by Gasteiger charge is -2.35. The number of fused-ring (bicyclic) bond motifs is 1. The molecule has 1 saturated carbocycles. The molecule has 1 aliphatic heterocycles. The van der Waals surface area contributed by atoms with Crippen LogP contribution in [0.4, 0.5) is 11.8 Å². The minimum absolute atomic E-state index is 0.593. The van der Waals surface area contributed by atoms with Crippen LogP contribution in [0.3, 0.4) is 0 Å². The number of hydrogen-bond acceptors (Lipinski definition) is 7. The zero-order valence-electron chi connectivity index (χ0n) is 14.7. The first-order chi connectivity index (χ1) is 12.8. The van der Waals surface area contributed by atoms with Gasteiger partial charge in [0.1, 0.15) is 5.52 Å². The zero-order chi connectivity index (χ0) is 17.5. The van der Waals surface area contributed by atoms with Gasteiger partial charge in [-0.3, -0.25) is 0 Å². The molecule has 8 nitrogen and oxygen atoms in total. The summed E-state index contributed by atoms with van der Waals surface area (Å²) in [4.78, 5) is 18.0. The molecule has 2 fully saturated rings. The molecule has 3 aromatic heterocycles. The first-order valence-corrected chi connectivity index (χ1v) is 9.03. The maximum Gasteiger partial charge on any atom is 0.228 e. The Morgan fingerprint density at radius 2 is 1.85 bits per heavy atom. The van der Waals surface area contributed by atoms with Crippen molar-refractivity contribution >= 4 is 17.3 Å². The highest BCUT2D eigenvalue weighted by Crippen LogP contribution is 2.40. The second kappa shape index (κ2) is 6.12. The van der Waals surface area contributed by atoms with E-state index in [1.165, 1.54) is 18.5 Å². The Hall–Kier alpha value is -2.90. The molecule has 0 N–H and O–H groups in total. The van der Waals surface area contributed by atoms with Crippen LogP contribution in [-0.2, 0) is 0 Å². The molecular formula is C18H21N7O. The Kier molecular flexibility index (Phi) is 3.62. The standard InChI is InChI=1S/C18H21N7O/c1-26-16-4-5-20-18(21-16)24-10-8-23(9-11-24)17-15-12-14(13-2-3-13)22-25(15)7-6-19-17/h4-7,12-13H,2-3,8-11H2,1H3. The van der Waals surface area contributed by atoms with Gasteiger partial charge >= 0.3 is 0 Å². The van der Waals surface area contributed by atoms with Crippen molar-refractivity contribution in [1.29, 1.82) is 0 Å². The van der Waals surface area contributed by atoms with Crippen LogP contribution in [0.5, 0.6) is 5.88 Å². The largest absolute Gasteiger partial charge is 0.481 e. The summed E-state index contributed by atoms with van der Waals surface area (Å²) in [6, 6.07) is 3.97. The topological polar surface area (TPSA) is 71.7 Å². The molecule has 4 heterocycles. The first kappa shape index (κ1) is 15.4. The van der Waals surface area contributed by atoms with Crippen molar-refractivity contribution in [1.82, 2.24) is 24.6 Å². The number of methoxy groups -OCH3 is 1. The highest BCUT2D eigenvalue weighted by atomic mass is 16.5. The van der Waals surface area contributed by atoms with E-state index in [0.717, 1.165) is 43.5 Å². The van der Waals surface area contributed by atoms with Gasteiger partial charge in [0.15, 0.2) is 5.82 Å². The van der Waals surface area contributed by atoms with Gasteiger partial charge in [0, 0.05) is 56.8 Å². The summed E-state index contributed by atoms with van der Waals surface area (Å²) < 4.78 is 7.17. The fourth-order valence-electron chi connectivity index (χ4n) is 3.47. The van der Waals surface area contributed by atoms with Gasteiger partial charge in [-0.2, -0.15) is 10.1 Å². The van der Waals surface area contributed by atoms with Gasteiger partial charge in [0.25, 0.3) is 0 Å². The van der Waals surface area contributed by atoms with E-state index < -0.39 is 0 Å². The average molecular weight is 351 g/mol. The van der Waals surface area contributed by atoms with Gasteiger partial charge in [-0.25, -0.2) is 14.5 Å². The summed E-state index contributed by atoms with van der Waals surface area (Å²) >= 11 is 0. The molecule has 5 rings (SSSR count). The zero-order valence-corrected chi connectivity index (χ0v) is 14.7. The van der Waals surface area contributed by atoms with Crippen LogP contribution >= 0.6 is 0 Å². The number of rotatable bonds is 4. The SMILES string of the molecule is COc1ccnc(N2CCN(c3nccn4nc(C5CC5)cc34)CC2)n1. The summed E-state index contributed by atoms with van der Waals surface area (Å²) in [5.74, 6) is 2.97. The lowest BCUT2D eigenvalue weighted by Crippen LogP contribution is -2.47. The third kappa shape index (κ3) is 2.71. The van der Waals surface area contributed by atoms with Crippen LogP contribution in [0, 0.1) is 0 Å². The smallest absolute Gasteiger partial charge is 0.228 e. The molecule has 0 spiro atoms. The van der Waals surface area contributed by atoms with Crippen molar-refractivity contribution in [2.24, 2.45) is 0 Å². The Morgan fingerprint density at radius 1 is 1.04 bits per heavy atom. The van der Waals surface area contributed by atoms with Crippen LogP contribution in [0.2, 0.25) is 0 Å². The highest BCUT2D eigenvalue weighted by molar-refractivity contribution is 5.70. The van der Waals surface area contributed by atoms with Crippen LogP contribution in [0.1, 0.15) is 24.5 Å². The summed E-state index contributed by atoms with van der Waals surface area (Å²) in [6.07, 6.45) is 8.02. The van der Waals surface area contributed by atoms with E-state index in [1.54, 1.807) is 19.4 Å². The van der Waals surface area contributed by atoms with E-state index in [1.807, 2.05) is 16.9 Å². The van der Waals surface area contributed by atoms with E-state index in [2.05, 4.69) is 30.8 Å². The number of anilines is 2. The normalized spacial score (nSPS) is 17.7. The van der Waals surface area contributed by atoms with Crippen LogP contribution in [0.15, 0.2) is 30.7 Å². The van der Waals surface area contributed by atoms with Crippen molar-refractivity contribution < 1.29 is 4.74 Å². The molecular weight excluding hydrogens is 330 g/mol. The second-order valence-electron chi connectivity index (χ2n) is 6.80. The van der Waals surface area contributed by atoms with Crippen molar-refractivity contribution in [3.8, 4) is 5.88 Å². The predicted molar refractivity (Wildman–Crippen MR) is 98.0 cm³/mol. The predicted octanol–water partition coefficient (Wildman–Crippen LogP) is 1.73. The first-order valence-electron chi connectivity index (χ1n) is 9.03. The Labute approximate surface area is 151 Å². The van der Waals surface area contributed by atoms with Crippen molar-refractivity contribution in [3.05, 3.63) is 36.4 Å². The van der Waals surface area contributed by atoms with Gasteiger partial charge in [0.05, 0.1) is 12.8 Å². The molecule has 8 heteroatoms. The molecule has 0 atom stereocenters. The van der Waals surface area contributed by atoms with Gasteiger partial charge < -0.3 is 14.5 Å². The number of hydrogen-bond donors (Lipinski definition) is 0. The van der Waals surface area contributed by atoms with E-state index in [0.29, 0.717) is 11.8 Å². The summed E-state index contributed by atoms with van der Waals surface area (Å²) in [5, 5.41) is 4.72. The molecule has 0 radical (unpaired) electrons. The maximum absolute atomic E-state index is 5.20. The quantitative estimate of drug-likeness (QED) is 0.709. The van der Waals surface area contributed by atoms with Gasteiger partial charge in [-0.1, -0.05) is 0 Å². The van der Waals surface area contributed by atoms with E-state index in [-0.39, 0.29) is 0 Å². The van der Waals surface area contributed by atoms with E-state index in [4.69, 9.17) is 9.84 Å². The van der Waals surface area contributed by atoms with Gasteiger partial charge in [-0.15, -0.1) is 0 Å². The molecule has 0 aromatic carbocycles. The minimum Gasteiger partial charge on any atom is -0.481 e. The third-order valence-electron chi connectivity index (χ3n) is 5.07. The Balaban J connectivity index is 1.36. The molecule has 0 bridgehead atoms. The van der Waals surface area contributed by atoms with Crippen molar-refractivity contribution in [2.75, 3.05) is 43.1 Å². The molecule has 3 aromatic rings. The summed E-state index contributed by atoms with van der Waals surface area (Å²) in [7, 11) is 1.62. The Morgan fingerprint density at radius 3 is 2.62 bits per heavy atom. The van der Waals surface area contributed by atoms with Gasteiger partial charge in [-0.05, 0) is 18.9 Å². The Bertz CT molecular complexity index is 928. The lowest BCUT2D eigenvalue weighted by atomic mass is 10.2. The number of piperazine rings is 1. The molecule has 1 saturated heterocycles.